The Kier molecular flexibility index (Phi) is 5.65. The Labute approximate surface area is 175 Å². The molecule has 3 aromatic rings. The molecule has 1 aromatic heterocycles. The molecular weight excluding hydrogens is 378 g/mol. The summed E-state index contributed by atoms with van der Waals surface area (Å²) in [6.07, 6.45) is 1.04. The fourth-order valence-corrected chi connectivity index (χ4v) is 3.64. The van der Waals surface area contributed by atoms with Crippen LogP contribution in [0.3, 0.4) is 0 Å². The molecule has 0 spiro atoms. The van der Waals surface area contributed by atoms with Crippen LogP contribution in [0.2, 0.25) is 0 Å². The van der Waals surface area contributed by atoms with Gasteiger partial charge in [0.05, 0.1) is 11.6 Å². The van der Waals surface area contributed by atoms with Gasteiger partial charge in [0.1, 0.15) is 5.76 Å². The molecule has 154 valence electrons. The molecule has 1 fully saturated rings. The first-order valence-electron chi connectivity index (χ1n) is 10.2. The molecule has 0 aliphatic carbocycles. The van der Waals surface area contributed by atoms with Crippen LogP contribution in [0, 0.1) is 19.8 Å². The second kappa shape index (κ2) is 8.53. The zero-order valence-corrected chi connectivity index (χ0v) is 17.2. The van der Waals surface area contributed by atoms with Gasteiger partial charge in [-0.25, -0.2) is 4.98 Å². The van der Waals surface area contributed by atoms with Gasteiger partial charge in [0.2, 0.25) is 17.7 Å². The molecule has 0 bridgehead atoms. The summed E-state index contributed by atoms with van der Waals surface area (Å²) in [7, 11) is 0. The van der Waals surface area contributed by atoms with Gasteiger partial charge in [-0.2, -0.15) is 0 Å². The average Bonchev–Trinajstić information content (AvgIpc) is 3.29. The SMILES string of the molecule is Cc1nc(-c2cccc(NC(=O)C3CC(=O)N(CCc4ccccc4)C3)c2)oc1C. The molecule has 1 N–H and O–H groups in total. The number of oxazole rings is 1. The van der Waals surface area contributed by atoms with E-state index in [1.165, 1.54) is 5.56 Å². The third kappa shape index (κ3) is 4.43. The Balaban J connectivity index is 1.37. The monoisotopic (exact) mass is 403 g/mol. The minimum Gasteiger partial charge on any atom is -0.441 e. The highest BCUT2D eigenvalue weighted by Gasteiger charge is 2.34. The number of anilines is 1. The van der Waals surface area contributed by atoms with E-state index in [0.29, 0.717) is 24.7 Å². The lowest BCUT2D eigenvalue weighted by atomic mass is 10.1. The number of carbonyl (C=O) groups is 2. The summed E-state index contributed by atoms with van der Waals surface area (Å²) >= 11 is 0. The van der Waals surface area contributed by atoms with Gasteiger partial charge in [-0.1, -0.05) is 36.4 Å². The molecule has 1 unspecified atom stereocenters. The first kappa shape index (κ1) is 19.9. The topological polar surface area (TPSA) is 75.4 Å². The normalized spacial score (nSPS) is 16.1. The molecular formula is C24H25N3O3. The number of benzene rings is 2. The number of nitrogens with zero attached hydrogens (tertiary/aromatic N) is 2. The second-order valence-electron chi connectivity index (χ2n) is 7.71. The molecule has 0 saturated carbocycles. The molecule has 2 aromatic carbocycles. The molecule has 1 saturated heterocycles. The van der Waals surface area contributed by atoms with E-state index in [1.54, 1.807) is 4.90 Å². The van der Waals surface area contributed by atoms with E-state index in [2.05, 4.69) is 22.4 Å². The molecule has 6 nitrogen and oxygen atoms in total. The number of hydrogen-bond acceptors (Lipinski definition) is 4. The van der Waals surface area contributed by atoms with Crippen LogP contribution in [0.5, 0.6) is 0 Å². The molecule has 4 rings (SSSR count). The quantitative estimate of drug-likeness (QED) is 0.675. The average molecular weight is 403 g/mol. The largest absolute Gasteiger partial charge is 0.441 e. The van der Waals surface area contributed by atoms with E-state index in [4.69, 9.17) is 4.42 Å². The summed E-state index contributed by atoms with van der Waals surface area (Å²) in [5, 5.41) is 2.94. The van der Waals surface area contributed by atoms with Gasteiger partial charge in [0.25, 0.3) is 0 Å². The Morgan fingerprint density at radius 3 is 2.70 bits per heavy atom. The molecule has 2 amide bonds. The van der Waals surface area contributed by atoms with Crippen molar-refractivity contribution in [3.63, 3.8) is 0 Å². The molecule has 1 atom stereocenters. The number of rotatable bonds is 6. The summed E-state index contributed by atoms with van der Waals surface area (Å²) in [5.74, 6) is 0.861. The van der Waals surface area contributed by atoms with Gasteiger partial charge >= 0.3 is 0 Å². The van der Waals surface area contributed by atoms with Crippen molar-refractivity contribution < 1.29 is 14.0 Å². The Morgan fingerprint density at radius 2 is 1.97 bits per heavy atom. The minimum absolute atomic E-state index is 0.0329. The van der Waals surface area contributed by atoms with E-state index in [-0.39, 0.29) is 24.2 Å². The summed E-state index contributed by atoms with van der Waals surface area (Å²) in [4.78, 5) is 31.3. The van der Waals surface area contributed by atoms with Crippen LogP contribution in [0.25, 0.3) is 11.5 Å². The van der Waals surface area contributed by atoms with Crippen molar-refractivity contribution in [1.29, 1.82) is 0 Å². The molecule has 1 aliphatic heterocycles. The van der Waals surface area contributed by atoms with Crippen molar-refractivity contribution in [1.82, 2.24) is 9.88 Å². The lowest BCUT2D eigenvalue weighted by molar-refractivity contribution is -0.128. The summed E-state index contributed by atoms with van der Waals surface area (Å²) in [6.45, 7) is 4.85. The summed E-state index contributed by atoms with van der Waals surface area (Å²) in [5.41, 5.74) is 3.50. The summed E-state index contributed by atoms with van der Waals surface area (Å²) < 4.78 is 5.68. The van der Waals surface area contributed by atoms with Gasteiger partial charge in [0, 0.05) is 30.8 Å². The minimum atomic E-state index is -0.344. The molecule has 6 heteroatoms. The summed E-state index contributed by atoms with van der Waals surface area (Å²) in [6, 6.07) is 17.5. The lowest BCUT2D eigenvalue weighted by Gasteiger charge is -2.16. The van der Waals surface area contributed by atoms with Crippen molar-refractivity contribution >= 4 is 17.5 Å². The van der Waals surface area contributed by atoms with Gasteiger partial charge in [-0.05, 0) is 44.0 Å². The molecule has 1 aliphatic rings. The second-order valence-corrected chi connectivity index (χ2v) is 7.71. The van der Waals surface area contributed by atoms with E-state index in [9.17, 15) is 9.59 Å². The van der Waals surface area contributed by atoms with Crippen LogP contribution in [0.15, 0.2) is 59.0 Å². The van der Waals surface area contributed by atoms with E-state index in [1.807, 2.05) is 56.3 Å². The van der Waals surface area contributed by atoms with E-state index >= 15 is 0 Å². The Morgan fingerprint density at radius 1 is 1.17 bits per heavy atom. The smallest absolute Gasteiger partial charge is 0.229 e. The number of likely N-dealkylation sites (tertiary alicyclic amines) is 1. The number of aromatic nitrogens is 1. The van der Waals surface area contributed by atoms with Crippen LogP contribution in [-0.4, -0.2) is 34.8 Å². The zero-order valence-electron chi connectivity index (χ0n) is 17.2. The third-order valence-electron chi connectivity index (χ3n) is 5.50. The highest BCUT2D eigenvalue weighted by Crippen LogP contribution is 2.25. The number of amides is 2. The van der Waals surface area contributed by atoms with Gasteiger partial charge in [0.15, 0.2) is 0 Å². The predicted octanol–water partition coefficient (Wildman–Crippen LogP) is 3.99. The van der Waals surface area contributed by atoms with E-state index in [0.717, 1.165) is 23.4 Å². The first-order chi connectivity index (χ1) is 14.5. The fraction of sp³-hybridized carbons (Fsp3) is 0.292. The lowest BCUT2D eigenvalue weighted by Crippen LogP contribution is -2.30. The van der Waals surface area contributed by atoms with Crippen molar-refractivity contribution in [3.05, 3.63) is 71.6 Å². The number of hydrogen-bond donors (Lipinski definition) is 1. The standard InChI is InChI=1S/C24H25N3O3/c1-16-17(2)30-24(25-16)19-9-6-10-21(13-19)26-23(29)20-14-22(28)27(15-20)12-11-18-7-4-3-5-8-18/h3-10,13,20H,11-12,14-15H2,1-2H3,(H,26,29). The van der Waals surface area contributed by atoms with Crippen molar-refractivity contribution in [2.75, 3.05) is 18.4 Å². The number of aryl methyl sites for hydroxylation is 2. The number of nitrogens with one attached hydrogen (secondary N) is 1. The molecule has 0 radical (unpaired) electrons. The van der Waals surface area contributed by atoms with Crippen LogP contribution in [-0.2, 0) is 16.0 Å². The maximum atomic E-state index is 12.8. The van der Waals surface area contributed by atoms with Crippen LogP contribution in [0.1, 0.15) is 23.4 Å². The number of carbonyl (C=O) groups excluding carboxylic acids is 2. The van der Waals surface area contributed by atoms with E-state index < -0.39 is 0 Å². The van der Waals surface area contributed by atoms with Crippen molar-refractivity contribution in [2.24, 2.45) is 5.92 Å². The van der Waals surface area contributed by atoms with Crippen LogP contribution < -0.4 is 5.32 Å². The predicted molar refractivity (Wildman–Crippen MR) is 115 cm³/mol. The maximum absolute atomic E-state index is 12.8. The Hall–Kier alpha value is -3.41. The van der Waals surface area contributed by atoms with Crippen molar-refractivity contribution in [2.45, 2.75) is 26.7 Å². The highest BCUT2D eigenvalue weighted by atomic mass is 16.4. The molecule has 2 heterocycles. The third-order valence-corrected chi connectivity index (χ3v) is 5.50. The Bertz CT molecular complexity index is 1040. The first-order valence-corrected chi connectivity index (χ1v) is 10.2. The zero-order chi connectivity index (χ0) is 21.1. The van der Waals surface area contributed by atoms with Gasteiger partial charge in [-0.3, -0.25) is 9.59 Å². The van der Waals surface area contributed by atoms with Gasteiger partial charge in [-0.15, -0.1) is 0 Å². The fourth-order valence-electron chi connectivity index (χ4n) is 3.64. The molecule has 30 heavy (non-hydrogen) atoms. The highest BCUT2D eigenvalue weighted by molar-refractivity contribution is 5.97. The van der Waals surface area contributed by atoms with Crippen molar-refractivity contribution in [3.8, 4) is 11.5 Å². The maximum Gasteiger partial charge on any atom is 0.229 e. The van der Waals surface area contributed by atoms with Crippen LogP contribution in [0.4, 0.5) is 5.69 Å². The van der Waals surface area contributed by atoms with Crippen LogP contribution >= 0.6 is 0 Å². The van der Waals surface area contributed by atoms with Gasteiger partial charge < -0.3 is 14.6 Å².